The fourth-order valence-corrected chi connectivity index (χ4v) is 1.46. The van der Waals surface area contributed by atoms with Crippen molar-refractivity contribution in [3.05, 3.63) is 35.4 Å². The highest BCUT2D eigenvalue weighted by Gasteiger charge is 2.14. The van der Waals surface area contributed by atoms with Crippen LogP contribution in [0.2, 0.25) is 0 Å². The first-order valence-corrected chi connectivity index (χ1v) is 5.55. The number of carbonyl (C=O) groups excluding carboxylic acids is 1. The second-order valence-electron chi connectivity index (χ2n) is 3.79. The number of nitrogens with zero attached hydrogens (tertiary/aromatic N) is 3. The first-order chi connectivity index (χ1) is 9.08. The molecule has 2 heterocycles. The van der Waals surface area contributed by atoms with Crippen molar-refractivity contribution in [1.29, 1.82) is 0 Å². The second-order valence-corrected chi connectivity index (χ2v) is 3.79. The van der Waals surface area contributed by atoms with E-state index in [9.17, 15) is 9.18 Å². The maximum atomic E-state index is 13.5. The Hall–Kier alpha value is -2.51. The maximum Gasteiger partial charge on any atom is 0.254 e. The van der Waals surface area contributed by atoms with Crippen molar-refractivity contribution in [3.8, 4) is 0 Å². The molecule has 0 aliphatic carbocycles. The number of nitrogen functional groups attached to an aromatic ring is 1. The number of rotatable bonds is 4. The maximum absolute atomic E-state index is 13.5. The standard InChI is InChI=1S/C11H12FN5O2/c1-6-16-8(17-19-6)3-5-15-11(18)7-2-4-14-10(13)9(7)12/h2,4H,3,5H2,1H3,(H2,13,14)(H,15,18). The minimum Gasteiger partial charge on any atom is -0.381 e. The van der Waals surface area contributed by atoms with E-state index in [0.717, 1.165) is 0 Å². The summed E-state index contributed by atoms with van der Waals surface area (Å²) >= 11 is 0. The zero-order valence-corrected chi connectivity index (χ0v) is 10.2. The van der Waals surface area contributed by atoms with Crippen LogP contribution >= 0.6 is 0 Å². The minimum absolute atomic E-state index is 0.142. The third-order valence-corrected chi connectivity index (χ3v) is 2.36. The number of pyridine rings is 1. The molecule has 1 amide bonds. The summed E-state index contributed by atoms with van der Waals surface area (Å²) in [7, 11) is 0. The number of aryl methyl sites for hydroxylation is 1. The zero-order valence-electron chi connectivity index (χ0n) is 10.2. The number of anilines is 1. The fourth-order valence-electron chi connectivity index (χ4n) is 1.46. The number of hydrogen-bond acceptors (Lipinski definition) is 6. The van der Waals surface area contributed by atoms with Crippen LogP contribution in [0.5, 0.6) is 0 Å². The van der Waals surface area contributed by atoms with Crippen LogP contribution in [-0.2, 0) is 6.42 Å². The van der Waals surface area contributed by atoms with E-state index in [-0.39, 0.29) is 17.9 Å². The smallest absolute Gasteiger partial charge is 0.254 e. The average molecular weight is 265 g/mol. The molecule has 0 bridgehead atoms. The van der Waals surface area contributed by atoms with E-state index in [1.807, 2.05) is 0 Å². The van der Waals surface area contributed by atoms with Gasteiger partial charge in [-0.1, -0.05) is 5.16 Å². The van der Waals surface area contributed by atoms with Crippen LogP contribution in [0.1, 0.15) is 22.1 Å². The van der Waals surface area contributed by atoms with Crippen molar-refractivity contribution in [1.82, 2.24) is 20.4 Å². The predicted molar refractivity (Wildman–Crippen MR) is 63.7 cm³/mol. The van der Waals surface area contributed by atoms with Gasteiger partial charge in [0, 0.05) is 26.1 Å². The summed E-state index contributed by atoms with van der Waals surface area (Å²) in [4.78, 5) is 19.2. The highest BCUT2D eigenvalue weighted by Crippen LogP contribution is 2.11. The second kappa shape index (κ2) is 5.42. The molecule has 8 heteroatoms. The molecule has 3 N–H and O–H groups in total. The molecular weight excluding hydrogens is 253 g/mol. The third-order valence-electron chi connectivity index (χ3n) is 2.36. The van der Waals surface area contributed by atoms with Crippen LogP contribution in [0, 0.1) is 12.7 Å². The highest BCUT2D eigenvalue weighted by atomic mass is 19.1. The molecule has 0 aliphatic heterocycles. The first-order valence-electron chi connectivity index (χ1n) is 5.55. The van der Waals surface area contributed by atoms with Crippen molar-refractivity contribution in [2.24, 2.45) is 0 Å². The van der Waals surface area contributed by atoms with Gasteiger partial charge in [0.05, 0.1) is 5.56 Å². The van der Waals surface area contributed by atoms with Crippen LogP contribution in [0.4, 0.5) is 10.2 Å². The Morgan fingerprint density at radius 1 is 1.58 bits per heavy atom. The molecule has 0 radical (unpaired) electrons. The summed E-state index contributed by atoms with van der Waals surface area (Å²) in [6.45, 7) is 1.93. The number of carbonyl (C=O) groups is 1. The predicted octanol–water partition coefficient (Wildman–Crippen LogP) is 0.467. The van der Waals surface area contributed by atoms with Gasteiger partial charge < -0.3 is 15.6 Å². The van der Waals surface area contributed by atoms with Crippen LogP contribution < -0.4 is 11.1 Å². The molecule has 0 fully saturated rings. The normalized spacial score (nSPS) is 10.4. The molecule has 0 aromatic carbocycles. The van der Waals surface area contributed by atoms with Gasteiger partial charge in [0.2, 0.25) is 5.89 Å². The minimum atomic E-state index is -0.824. The van der Waals surface area contributed by atoms with E-state index in [1.165, 1.54) is 12.3 Å². The lowest BCUT2D eigenvalue weighted by Gasteiger charge is -2.05. The van der Waals surface area contributed by atoms with Crippen molar-refractivity contribution >= 4 is 11.7 Å². The van der Waals surface area contributed by atoms with Gasteiger partial charge in [0.25, 0.3) is 5.91 Å². The Bertz CT molecular complexity index is 599. The SMILES string of the molecule is Cc1nc(CCNC(=O)c2ccnc(N)c2F)no1. The van der Waals surface area contributed by atoms with Gasteiger partial charge >= 0.3 is 0 Å². The van der Waals surface area contributed by atoms with Gasteiger partial charge in [0.15, 0.2) is 17.5 Å². The van der Waals surface area contributed by atoms with E-state index in [0.29, 0.717) is 18.1 Å². The number of aromatic nitrogens is 3. The van der Waals surface area contributed by atoms with Crippen molar-refractivity contribution < 1.29 is 13.7 Å². The molecule has 0 saturated heterocycles. The van der Waals surface area contributed by atoms with E-state index < -0.39 is 11.7 Å². The highest BCUT2D eigenvalue weighted by molar-refractivity contribution is 5.95. The Labute approximate surface area is 108 Å². The van der Waals surface area contributed by atoms with Crippen LogP contribution in [0.25, 0.3) is 0 Å². The molecule has 2 rings (SSSR count). The lowest BCUT2D eigenvalue weighted by molar-refractivity contribution is 0.0950. The molecule has 7 nitrogen and oxygen atoms in total. The van der Waals surface area contributed by atoms with E-state index >= 15 is 0 Å². The summed E-state index contributed by atoms with van der Waals surface area (Å²) < 4.78 is 18.3. The van der Waals surface area contributed by atoms with E-state index in [4.69, 9.17) is 10.3 Å². The van der Waals surface area contributed by atoms with E-state index in [2.05, 4.69) is 20.4 Å². The number of halogens is 1. The van der Waals surface area contributed by atoms with Gasteiger partial charge in [-0.3, -0.25) is 4.79 Å². The van der Waals surface area contributed by atoms with Crippen LogP contribution in [-0.4, -0.2) is 27.6 Å². The monoisotopic (exact) mass is 265 g/mol. The molecule has 19 heavy (non-hydrogen) atoms. The molecule has 100 valence electrons. The van der Waals surface area contributed by atoms with Gasteiger partial charge in [-0.05, 0) is 6.07 Å². The number of nitrogens with two attached hydrogens (primary N) is 1. The zero-order chi connectivity index (χ0) is 13.8. The summed E-state index contributed by atoms with van der Waals surface area (Å²) in [5.41, 5.74) is 5.14. The quantitative estimate of drug-likeness (QED) is 0.832. The average Bonchev–Trinajstić information content (AvgIpc) is 2.78. The number of hydrogen-bond donors (Lipinski definition) is 2. The van der Waals surface area contributed by atoms with Gasteiger partial charge in [-0.25, -0.2) is 9.37 Å². The Kier molecular flexibility index (Phi) is 3.69. The Balaban J connectivity index is 1.93. The topological polar surface area (TPSA) is 107 Å². The molecule has 2 aromatic heterocycles. The third kappa shape index (κ3) is 3.03. The first kappa shape index (κ1) is 12.9. The van der Waals surface area contributed by atoms with Gasteiger partial charge in [0.1, 0.15) is 0 Å². The largest absolute Gasteiger partial charge is 0.381 e. The number of nitrogens with one attached hydrogen (secondary N) is 1. The van der Waals surface area contributed by atoms with Gasteiger partial charge in [-0.15, -0.1) is 0 Å². The Morgan fingerprint density at radius 3 is 3.05 bits per heavy atom. The van der Waals surface area contributed by atoms with Crippen molar-refractivity contribution in [2.75, 3.05) is 12.3 Å². The van der Waals surface area contributed by atoms with Crippen LogP contribution in [0.15, 0.2) is 16.8 Å². The molecule has 2 aromatic rings. The molecule has 0 aliphatic rings. The summed E-state index contributed by atoms with van der Waals surface area (Å²) in [5.74, 6) is -0.759. The summed E-state index contributed by atoms with van der Waals surface area (Å²) in [5, 5.41) is 6.22. The lowest BCUT2D eigenvalue weighted by Crippen LogP contribution is -2.27. The molecule has 0 atom stereocenters. The van der Waals surface area contributed by atoms with Crippen molar-refractivity contribution in [2.45, 2.75) is 13.3 Å². The molecule has 0 unspecified atom stereocenters. The number of amides is 1. The summed E-state index contributed by atoms with van der Waals surface area (Å²) in [6, 6.07) is 1.26. The van der Waals surface area contributed by atoms with Crippen LogP contribution in [0.3, 0.4) is 0 Å². The molecule has 0 saturated carbocycles. The molecule has 0 spiro atoms. The molecular formula is C11H12FN5O2. The summed E-state index contributed by atoms with van der Waals surface area (Å²) in [6.07, 6.45) is 1.67. The lowest BCUT2D eigenvalue weighted by atomic mass is 10.2. The van der Waals surface area contributed by atoms with Gasteiger partial charge in [-0.2, -0.15) is 4.98 Å². The Morgan fingerprint density at radius 2 is 2.37 bits per heavy atom. The van der Waals surface area contributed by atoms with Crippen molar-refractivity contribution in [3.63, 3.8) is 0 Å². The van der Waals surface area contributed by atoms with E-state index in [1.54, 1.807) is 6.92 Å². The fraction of sp³-hybridized carbons (Fsp3) is 0.273.